The maximum atomic E-state index is 13.3. The van der Waals surface area contributed by atoms with Crippen molar-refractivity contribution in [2.45, 2.75) is 43.7 Å². The zero-order valence-corrected chi connectivity index (χ0v) is 19.2. The molecule has 1 aliphatic rings. The first-order valence-electron chi connectivity index (χ1n) is 10.5. The fourth-order valence-electron chi connectivity index (χ4n) is 4.06. The van der Waals surface area contributed by atoms with Crippen molar-refractivity contribution in [3.05, 3.63) is 75.0 Å². The molecule has 2 aromatic carbocycles. The number of hydrogen-bond acceptors (Lipinski definition) is 4. The highest BCUT2D eigenvalue weighted by Crippen LogP contribution is 2.27. The number of nitrogens with one attached hydrogen (secondary N) is 2. The Morgan fingerprint density at radius 1 is 1.19 bits per heavy atom. The second kappa shape index (κ2) is 9.05. The third-order valence-corrected chi connectivity index (χ3v) is 8.18. The summed E-state index contributed by atoms with van der Waals surface area (Å²) >= 11 is 6.15. The fourth-order valence-corrected chi connectivity index (χ4v) is 5.99. The van der Waals surface area contributed by atoms with Crippen molar-refractivity contribution in [3.63, 3.8) is 0 Å². The number of amides is 1. The lowest BCUT2D eigenvalue weighted by molar-refractivity contribution is 0.0952. The molecule has 0 saturated carbocycles. The summed E-state index contributed by atoms with van der Waals surface area (Å²) < 4.78 is 28.1. The molecule has 1 amide bonds. The number of carbonyl (C=O) groups is 1. The van der Waals surface area contributed by atoms with Crippen LogP contribution < -0.4 is 10.9 Å². The molecule has 0 spiro atoms. The molecule has 1 saturated heterocycles. The van der Waals surface area contributed by atoms with E-state index in [-0.39, 0.29) is 23.0 Å². The number of benzene rings is 2. The second-order valence-electron chi connectivity index (χ2n) is 7.99. The summed E-state index contributed by atoms with van der Waals surface area (Å²) in [6.45, 7) is 2.55. The number of aromatic nitrogens is 1. The van der Waals surface area contributed by atoms with Crippen LogP contribution in [0.1, 0.15) is 42.1 Å². The third-order valence-electron chi connectivity index (χ3n) is 5.80. The van der Waals surface area contributed by atoms with Crippen LogP contribution in [-0.2, 0) is 16.6 Å². The van der Waals surface area contributed by atoms with Crippen molar-refractivity contribution in [1.29, 1.82) is 0 Å². The summed E-state index contributed by atoms with van der Waals surface area (Å²) in [5, 5.41) is 3.66. The summed E-state index contributed by atoms with van der Waals surface area (Å²) in [7, 11) is -3.72. The van der Waals surface area contributed by atoms with Gasteiger partial charge in [-0.15, -0.1) is 0 Å². The van der Waals surface area contributed by atoms with Gasteiger partial charge < -0.3 is 10.3 Å². The van der Waals surface area contributed by atoms with Gasteiger partial charge in [0, 0.05) is 41.1 Å². The number of piperidine rings is 1. The lowest BCUT2D eigenvalue weighted by Crippen LogP contribution is -2.41. The first kappa shape index (κ1) is 22.5. The summed E-state index contributed by atoms with van der Waals surface area (Å²) in [6.07, 6.45) is 2.64. The van der Waals surface area contributed by atoms with Gasteiger partial charge in [-0.05, 0) is 49.6 Å². The predicted molar refractivity (Wildman–Crippen MR) is 124 cm³/mol. The van der Waals surface area contributed by atoms with Gasteiger partial charge in [0.2, 0.25) is 15.6 Å². The Balaban J connectivity index is 1.70. The van der Waals surface area contributed by atoms with Gasteiger partial charge in [-0.25, -0.2) is 8.42 Å². The van der Waals surface area contributed by atoms with E-state index in [1.165, 1.54) is 28.6 Å². The number of halogens is 1. The third kappa shape index (κ3) is 4.44. The van der Waals surface area contributed by atoms with Gasteiger partial charge in [-0.3, -0.25) is 9.59 Å². The molecular weight excluding hydrogens is 450 g/mol. The normalized spacial score (nSPS) is 17.4. The van der Waals surface area contributed by atoms with Crippen LogP contribution in [0.3, 0.4) is 0 Å². The van der Waals surface area contributed by atoms with Gasteiger partial charge in [0.05, 0.1) is 10.5 Å². The molecule has 2 heterocycles. The number of sulfonamides is 1. The van der Waals surface area contributed by atoms with Crippen molar-refractivity contribution in [2.75, 3.05) is 6.54 Å². The number of pyridine rings is 1. The zero-order valence-electron chi connectivity index (χ0n) is 17.6. The predicted octanol–water partition coefficient (Wildman–Crippen LogP) is 3.67. The fraction of sp³-hybridized carbons (Fsp3) is 0.304. The minimum absolute atomic E-state index is 0.0848. The van der Waals surface area contributed by atoms with Crippen LogP contribution in [-0.4, -0.2) is 36.2 Å². The van der Waals surface area contributed by atoms with Crippen molar-refractivity contribution in [3.8, 4) is 0 Å². The van der Waals surface area contributed by atoms with E-state index in [9.17, 15) is 18.0 Å². The molecule has 1 fully saturated rings. The Kier molecular flexibility index (Phi) is 6.37. The highest BCUT2D eigenvalue weighted by atomic mass is 35.5. The monoisotopic (exact) mass is 473 g/mol. The van der Waals surface area contributed by atoms with Crippen LogP contribution in [0, 0.1) is 0 Å². The second-order valence-corrected chi connectivity index (χ2v) is 10.3. The highest BCUT2D eigenvalue weighted by molar-refractivity contribution is 7.89. The van der Waals surface area contributed by atoms with Gasteiger partial charge in [-0.2, -0.15) is 4.31 Å². The molecule has 0 bridgehead atoms. The quantitative estimate of drug-likeness (QED) is 0.590. The Morgan fingerprint density at radius 2 is 1.97 bits per heavy atom. The maximum absolute atomic E-state index is 13.3. The first-order chi connectivity index (χ1) is 15.3. The van der Waals surface area contributed by atoms with E-state index in [1.54, 1.807) is 18.2 Å². The van der Waals surface area contributed by atoms with Gasteiger partial charge in [0.15, 0.2) is 0 Å². The van der Waals surface area contributed by atoms with Crippen molar-refractivity contribution >= 4 is 38.4 Å². The van der Waals surface area contributed by atoms with Crippen molar-refractivity contribution in [1.82, 2.24) is 14.6 Å². The number of rotatable bonds is 5. The molecule has 7 nitrogen and oxygen atoms in total. The van der Waals surface area contributed by atoms with Crippen LogP contribution in [0.25, 0.3) is 10.9 Å². The van der Waals surface area contributed by atoms with E-state index < -0.39 is 21.5 Å². The Labute approximate surface area is 191 Å². The number of nitrogens with zero attached hydrogens (tertiary/aromatic N) is 1. The van der Waals surface area contributed by atoms with E-state index in [0.29, 0.717) is 22.5 Å². The summed E-state index contributed by atoms with van der Waals surface area (Å²) in [5.74, 6) is -0.484. The molecule has 9 heteroatoms. The van der Waals surface area contributed by atoms with Gasteiger partial charge in [0.1, 0.15) is 0 Å². The Bertz CT molecular complexity index is 1340. The lowest BCUT2D eigenvalue weighted by atomic mass is 10.1. The molecule has 1 atom stereocenters. The minimum Gasteiger partial charge on any atom is -0.348 e. The van der Waals surface area contributed by atoms with Crippen molar-refractivity contribution in [2.24, 2.45) is 0 Å². The number of H-pyrrole nitrogens is 1. The zero-order chi connectivity index (χ0) is 22.9. The molecule has 1 aliphatic heterocycles. The van der Waals surface area contributed by atoms with Crippen LogP contribution >= 0.6 is 11.6 Å². The highest BCUT2D eigenvalue weighted by Gasteiger charge is 2.31. The number of aromatic amines is 1. The van der Waals surface area contributed by atoms with E-state index in [4.69, 9.17) is 11.6 Å². The molecule has 1 unspecified atom stereocenters. The van der Waals surface area contributed by atoms with E-state index >= 15 is 0 Å². The molecule has 4 rings (SSSR count). The summed E-state index contributed by atoms with van der Waals surface area (Å²) in [5.41, 5.74) is 0.797. The molecule has 1 aromatic heterocycles. The smallest absolute Gasteiger partial charge is 0.252 e. The lowest BCUT2D eigenvalue weighted by Gasteiger charge is -2.32. The average Bonchev–Trinajstić information content (AvgIpc) is 2.77. The summed E-state index contributed by atoms with van der Waals surface area (Å²) in [6, 6.07) is 12.7. The standard InChI is InChI=1S/C23H24ClN3O4S/c1-15-6-4-5-11-27(15)32(30,31)17-9-10-21-18(12-17)19(13-22(28)26-21)23(29)25-14-16-7-2-3-8-20(16)24/h2-3,7-10,12-13,15H,4-6,11,14H2,1H3,(H,25,29)(H,26,28). The molecule has 0 aliphatic carbocycles. The first-order valence-corrected chi connectivity index (χ1v) is 12.3. The Morgan fingerprint density at radius 3 is 2.72 bits per heavy atom. The molecule has 168 valence electrons. The van der Waals surface area contributed by atoms with Gasteiger partial charge in [-0.1, -0.05) is 36.2 Å². The van der Waals surface area contributed by atoms with Crippen LogP contribution in [0.15, 0.2) is 58.2 Å². The largest absolute Gasteiger partial charge is 0.348 e. The molecule has 0 radical (unpaired) electrons. The van der Waals surface area contributed by atoms with Gasteiger partial charge >= 0.3 is 0 Å². The maximum Gasteiger partial charge on any atom is 0.252 e. The topological polar surface area (TPSA) is 99.3 Å². The van der Waals surface area contributed by atoms with Crippen molar-refractivity contribution < 1.29 is 13.2 Å². The van der Waals surface area contributed by atoms with E-state index in [0.717, 1.165) is 24.8 Å². The van der Waals surface area contributed by atoms with E-state index in [2.05, 4.69) is 10.3 Å². The SMILES string of the molecule is CC1CCCCN1S(=O)(=O)c1ccc2[nH]c(=O)cc(C(=O)NCc3ccccc3Cl)c2c1. The minimum atomic E-state index is -3.72. The number of carbonyl (C=O) groups excluding carboxylic acids is 1. The van der Waals surface area contributed by atoms with Crippen LogP contribution in [0.2, 0.25) is 5.02 Å². The average molecular weight is 474 g/mol. The molecule has 3 aromatic rings. The van der Waals surface area contributed by atoms with E-state index in [1.807, 2.05) is 13.0 Å². The number of fused-ring (bicyclic) bond motifs is 1. The number of hydrogen-bond donors (Lipinski definition) is 2. The van der Waals surface area contributed by atoms with Crippen LogP contribution in [0.4, 0.5) is 0 Å². The Hall–Kier alpha value is -2.68. The molecular formula is C23H24ClN3O4S. The molecule has 32 heavy (non-hydrogen) atoms. The van der Waals surface area contributed by atoms with Gasteiger partial charge in [0.25, 0.3) is 5.91 Å². The summed E-state index contributed by atoms with van der Waals surface area (Å²) in [4.78, 5) is 27.8. The molecule has 2 N–H and O–H groups in total. The van der Waals surface area contributed by atoms with Crippen LogP contribution in [0.5, 0.6) is 0 Å².